The summed E-state index contributed by atoms with van der Waals surface area (Å²) in [5, 5.41) is 11.4. The molecule has 0 aliphatic heterocycles. The highest BCUT2D eigenvalue weighted by molar-refractivity contribution is 6.41. The maximum Gasteiger partial charge on any atom is 0.0847 e. The highest BCUT2D eigenvalue weighted by Crippen LogP contribution is 2.07. The fraction of sp³-hybridized carbons (Fsp3) is 0. The summed E-state index contributed by atoms with van der Waals surface area (Å²) in [4.78, 5) is 0. The minimum absolute atomic E-state index is 0.392. The first-order chi connectivity index (χ1) is 5.83. The van der Waals surface area contributed by atoms with Gasteiger partial charge in [0.15, 0.2) is 0 Å². The van der Waals surface area contributed by atoms with Crippen LogP contribution in [0.5, 0.6) is 0 Å². The van der Waals surface area contributed by atoms with E-state index in [0.717, 1.165) is 5.56 Å². The normalized spacial score (nSPS) is 12.2. The number of halogens is 1. The third-order valence-corrected chi connectivity index (χ3v) is 1.49. The second-order valence-electron chi connectivity index (χ2n) is 2.18. The molecule has 0 fully saturated rings. The average Bonchev–Trinajstić information content (AvgIpc) is 2.06. The number of benzene rings is 1. The summed E-state index contributed by atoms with van der Waals surface area (Å²) in [6.45, 7) is 0. The first-order valence-corrected chi connectivity index (χ1v) is 3.80. The van der Waals surface area contributed by atoms with Crippen molar-refractivity contribution in [2.45, 2.75) is 0 Å². The smallest absolute Gasteiger partial charge is 0.0847 e. The molecule has 0 saturated carbocycles. The van der Waals surface area contributed by atoms with E-state index in [1.54, 1.807) is 6.08 Å². The number of oxime groups is 1. The Balaban J connectivity index is 2.81. The van der Waals surface area contributed by atoms with Gasteiger partial charge in [-0.25, -0.2) is 0 Å². The number of hydrogen-bond donors (Lipinski definition) is 1. The fourth-order valence-corrected chi connectivity index (χ4v) is 0.971. The standard InChI is InChI=1S/C9H8ClNO/c10-9(7-11-12)6-8-4-2-1-3-5-8/h1-7,12H/b9-6+,11-7?. The van der Waals surface area contributed by atoms with Crippen molar-refractivity contribution in [2.75, 3.05) is 0 Å². The Morgan fingerprint density at radius 1 is 1.33 bits per heavy atom. The summed E-state index contributed by atoms with van der Waals surface area (Å²) in [7, 11) is 0. The van der Waals surface area contributed by atoms with Crippen LogP contribution in [0.25, 0.3) is 6.08 Å². The zero-order valence-corrected chi connectivity index (χ0v) is 7.07. The molecule has 12 heavy (non-hydrogen) atoms. The fourth-order valence-electron chi connectivity index (χ4n) is 0.801. The molecule has 1 aromatic carbocycles. The van der Waals surface area contributed by atoms with Crippen molar-refractivity contribution < 1.29 is 5.21 Å². The lowest BCUT2D eigenvalue weighted by Gasteiger charge is -1.90. The molecule has 0 saturated heterocycles. The third-order valence-electron chi connectivity index (χ3n) is 1.29. The molecular weight excluding hydrogens is 174 g/mol. The quantitative estimate of drug-likeness (QED) is 0.425. The summed E-state index contributed by atoms with van der Waals surface area (Å²) in [6, 6.07) is 9.56. The molecule has 0 heterocycles. The first kappa shape index (κ1) is 8.81. The summed E-state index contributed by atoms with van der Waals surface area (Å²) in [5.74, 6) is 0. The molecule has 3 heteroatoms. The van der Waals surface area contributed by atoms with E-state index in [9.17, 15) is 0 Å². The molecule has 0 aliphatic rings. The van der Waals surface area contributed by atoms with Crippen molar-refractivity contribution in [2.24, 2.45) is 5.16 Å². The molecule has 1 aromatic rings. The van der Waals surface area contributed by atoms with E-state index in [-0.39, 0.29) is 0 Å². The van der Waals surface area contributed by atoms with Gasteiger partial charge in [0.05, 0.1) is 11.2 Å². The molecular formula is C9H8ClNO. The Kier molecular flexibility index (Phi) is 3.35. The van der Waals surface area contributed by atoms with Gasteiger partial charge >= 0.3 is 0 Å². The van der Waals surface area contributed by atoms with Crippen LogP contribution in [-0.4, -0.2) is 11.4 Å². The van der Waals surface area contributed by atoms with Crippen LogP contribution in [0.4, 0.5) is 0 Å². The minimum Gasteiger partial charge on any atom is -0.411 e. The zero-order valence-electron chi connectivity index (χ0n) is 6.31. The summed E-state index contributed by atoms with van der Waals surface area (Å²) in [6.07, 6.45) is 2.88. The summed E-state index contributed by atoms with van der Waals surface area (Å²) < 4.78 is 0. The lowest BCUT2D eigenvalue weighted by Crippen LogP contribution is -1.75. The van der Waals surface area contributed by atoms with Gasteiger partial charge in [0.25, 0.3) is 0 Å². The van der Waals surface area contributed by atoms with Gasteiger partial charge in [-0.15, -0.1) is 0 Å². The molecule has 2 nitrogen and oxygen atoms in total. The van der Waals surface area contributed by atoms with E-state index in [1.807, 2.05) is 30.3 Å². The van der Waals surface area contributed by atoms with Crippen LogP contribution < -0.4 is 0 Å². The predicted octanol–water partition coefficient (Wildman–Crippen LogP) is 2.73. The maximum absolute atomic E-state index is 8.16. The monoisotopic (exact) mass is 181 g/mol. The van der Waals surface area contributed by atoms with Crippen molar-refractivity contribution in [3.8, 4) is 0 Å². The van der Waals surface area contributed by atoms with Gasteiger partial charge in [-0.3, -0.25) is 0 Å². The number of hydrogen-bond acceptors (Lipinski definition) is 2. The molecule has 0 radical (unpaired) electrons. The van der Waals surface area contributed by atoms with Gasteiger partial charge in [-0.05, 0) is 11.6 Å². The second kappa shape index (κ2) is 4.57. The molecule has 62 valence electrons. The second-order valence-corrected chi connectivity index (χ2v) is 2.62. The molecule has 0 aliphatic carbocycles. The number of rotatable bonds is 2. The topological polar surface area (TPSA) is 32.6 Å². The van der Waals surface area contributed by atoms with Crippen LogP contribution in [0.2, 0.25) is 0 Å². The molecule has 1 N–H and O–H groups in total. The van der Waals surface area contributed by atoms with E-state index in [1.165, 1.54) is 6.21 Å². The van der Waals surface area contributed by atoms with E-state index < -0.39 is 0 Å². The average molecular weight is 182 g/mol. The Morgan fingerprint density at radius 3 is 2.58 bits per heavy atom. The van der Waals surface area contributed by atoms with Crippen molar-refractivity contribution in [1.29, 1.82) is 0 Å². The zero-order chi connectivity index (χ0) is 8.81. The van der Waals surface area contributed by atoms with Crippen LogP contribution in [0.1, 0.15) is 5.56 Å². The first-order valence-electron chi connectivity index (χ1n) is 3.42. The number of nitrogens with zero attached hydrogens (tertiary/aromatic N) is 1. The van der Waals surface area contributed by atoms with Crippen molar-refractivity contribution in [3.05, 3.63) is 40.9 Å². The summed E-state index contributed by atoms with van der Waals surface area (Å²) in [5.41, 5.74) is 0.974. The van der Waals surface area contributed by atoms with E-state index in [2.05, 4.69) is 5.16 Å². The van der Waals surface area contributed by atoms with Crippen molar-refractivity contribution >= 4 is 23.9 Å². The van der Waals surface area contributed by atoms with Crippen LogP contribution in [0.15, 0.2) is 40.5 Å². The van der Waals surface area contributed by atoms with E-state index in [4.69, 9.17) is 16.8 Å². The highest BCUT2D eigenvalue weighted by Gasteiger charge is 1.87. The van der Waals surface area contributed by atoms with Gasteiger partial charge < -0.3 is 5.21 Å². The van der Waals surface area contributed by atoms with Crippen molar-refractivity contribution in [3.63, 3.8) is 0 Å². The van der Waals surface area contributed by atoms with E-state index in [0.29, 0.717) is 5.03 Å². The van der Waals surface area contributed by atoms with Gasteiger partial charge in [-0.1, -0.05) is 47.1 Å². The Hall–Kier alpha value is -1.28. The lowest BCUT2D eigenvalue weighted by molar-refractivity contribution is 0.322. The molecule has 0 unspecified atom stereocenters. The summed E-state index contributed by atoms with van der Waals surface area (Å²) >= 11 is 5.67. The van der Waals surface area contributed by atoms with Crippen LogP contribution in [-0.2, 0) is 0 Å². The van der Waals surface area contributed by atoms with Crippen molar-refractivity contribution in [1.82, 2.24) is 0 Å². The van der Waals surface area contributed by atoms with Crippen LogP contribution in [0.3, 0.4) is 0 Å². The highest BCUT2D eigenvalue weighted by atomic mass is 35.5. The van der Waals surface area contributed by atoms with Gasteiger partial charge in [0.2, 0.25) is 0 Å². The molecule has 0 aromatic heterocycles. The molecule has 0 bridgehead atoms. The van der Waals surface area contributed by atoms with Gasteiger partial charge in [0.1, 0.15) is 0 Å². The predicted molar refractivity (Wildman–Crippen MR) is 50.6 cm³/mol. The Morgan fingerprint density at radius 2 is 2.00 bits per heavy atom. The lowest BCUT2D eigenvalue weighted by atomic mass is 10.2. The van der Waals surface area contributed by atoms with Crippen LogP contribution in [0, 0.1) is 0 Å². The van der Waals surface area contributed by atoms with E-state index >= 15 is 0 Å². The number of allylic oxidation sites excluding steroid dienone is 1. The molecule has 0 amide bonds. The SMILES string of the molecule is ON=C/C(Cl)=C\c1ccccc1. The largest absolute Gasteiger partial charge is 0.411 e. The molecule has 1 rings (SSSR count). The Bertz CT molecular complexity index is 293. The van der Waals surface area contributed by atoms with Gasteiger partial charge in [0, 0.05) is 0 Å². The maximum atomic E-state index is 8.16. The van der Waals surface area contributed by atoms with Gasteiger partial charge in [-0.2, -0.15) is 0 Å². The molecule has 0 spiro atoms. The third kappa shape index (κ3) is 2.76. The van der Waals surface area contributed by atoms with Crippen LogP contribution >= 0.6 is 11.6 Å². The molecule has 0 atom stereocenters. The minimum atomic E-state index is 0.392. The Labute approximate surface area is 75.8 Å².